The van der Waals surface area contributed by atoms with E-state index in [2.05, 4.69) is 15.8 Å². The van der Waals surface area contributed by atoms with E-state index in [0.29, 0.717) is 5.56 Å². The van der Waals surface area contributed by atoms with Crippen LogP contribution in [0.5, 0.6) is 0 Å². The highest BCUT2D eigenvalue weighted by Gasteiger charge is 2.28. The summed E-state index contributed by atoms with van der Waals surface area (Å²) in [7, 11) is 0. The van der Waals surface area contributed by atoms with Gasteiger partial charge in [0.05, 0.1) is 6.61 Å². The molecule has 1 radical (unpaired) electrons. The number of hydrogen-bond acceptors (Lipinski definition) is 2. The van der Waals surface area contributed by atoms with Gasteiger partial charge in [0.2, 0.25) is 0 Å². The zero-order valence-corrected chi connectivity index (χ0v) is 9.24. The van der Waals surface area contributed by atoms with Gasteiger partial charge in [-0.2, -0.15) is 0 Å². The van der Waals surface area contributed by atoms with Gasteiger partial charge in [-0.25, -0.2) is 0 Å². The van der Waals surface area contributed by atoms with E-state index in [0.717, 1.165) is 11.1 Å². The van der Waals surface area contributed by atoms with E-state index in [1.165, 1.54) is 6.20 Å². The molecule has 2 nitrogen and oxygen atoms in total. The van der Waals surface area contributed by atoms with E-state index in [4.69, 9.17) is 0 Å². The molecule has 0 aliphatic carbocycles. The average molecular weight is 252 g/mol. The highest BCUT2D eigenvalue weighted by molar-refractivity contribution is 5.62. The van der Waals surface area contributed by atoms with Crippen molar-refractivity contribution in [2.24, 2.45) is 0 Å². The van der Waals surface area contributed by atoms with E-state index >= 15 is 0 Å². The number of halogens is 3. The molecule has 0 N–H and O–H groups in total. The van der Waals surface area contributed by atoms with Crippen molar-refractivity contribution < 1.29 is 17.9 Å². The second kappa shape index (κ2) is 5.18. The largest absolute Gasteiger partial charge is 0.522 e. The Morgan fingerprint density at radius 1 is 1.11 bits per heavy atom. The fourth-order valence-corrected chi connectivity index (χ4v) is 1.44. The van der Waals surface area contributed by atoms with Crippen molar-refractivity contribution in [1.29, 1.82) is 0 Å². The normalized spacial score (nSPS) is 11.5. The minimum Gasteiger partial charge on any atom is -0.287 e. The summed E-state index contributed by atoms with van der Waals surface area (Å²) in [5, 5.41) is 0. The maximum absolute atomic E-state index is 11.9. The minimum absolute atomic E-state index is 0.462. The van der Waals surface area contributed by atoms with Gasteiger partial charge in [0.15, 0.2) is 0 Å². The van der Waals surface area contributed by atoms with E-state index in [1.54, 1.807) is 36.5 Å². The molecular formula is C13H9F3NO. The topological polar surface area (TPSA) is 22.1 Å². The van der Waals surface area contributed by atoms with Crippen molar-refractivity contribution in [3.05, 3.63) is 54.4 Å². The predicted molar refractivity (Wildman–Crippen MR) is 59.4 cm³/mol. The van der Waals surface area contributed by atoms with Crippen molar-refractivity contribution in [2.75, 3.05) is 0 Å². The van der Waals surface area contributed by atoms with Gasteiger partial charge >= 0.3 is 6.36 Å². The maximum atomic E-state index is 11.9. The molecule has 0 amide bonds. The lowest BCUT2D eigenvalue weighted by atomic mass is 10.1. The zero-order chi connectivity index (χ0) is 13.0. The second-order valence-corrected chi connectivity index (χ2v) is 3.60. The van der Waals surface area contributed by atoms with E-state index in [9.17, 15) is 13.2 Å². The molecule has 1 heterocycles. The quantitative estimate of drug-likeness (QED) is 0.832. The predicted octanol–water partition coefficient (Wildman–Crippen LogP) is 3.59. The molecule has 0 spiro atoms. The Balaban J connectivity index is 2.07. The summed E-state index contributed by atoms with van der Waals surface area (Å²) in [6, 6.07) is 11.2. The molecule has 0 atom stereocenters. The number of alkyl halides is 3. The second-order valence-electron chi connectivity index (χ2n) is 3.60. The molecule has 93 valence electrons. The van der Waals surface area contributed by atoms with Crippen LogP contribution in [0.15, 0.2) is 42.7 Å². The van der Waals surface area contributed by atoms with E-state index in [-0.39, 0.29) is 0 Å². The van der Waals surface area contributed by atoms with Crippen LogP contribution in [0, 0.1) is 6.07 Å². The summed E-state index contributed by atoms with van der Waals surface area (Å²) in [5.41, 5.74) is 2.19. The van der Waals surface area contributed by atoms with Crippen molar-refractivity contribution in [3.63, 3.8) is 0 Å². The molecule has 0 aliphatic rings. The molecule has 2 aromatic rings. The Morgan fingerprint density at radius 2 is 1.83 bits per heavy atom. The summed E-state index contributed by atoms with van der Waals surface area (Å²) in [5.74, 6) is 0. The average Bonchev–Trinajstić information content (AvgIpc) is 2.37. The first-order valence-electron chi connectivity index (χ1n) is 5.16. The lowest BCUT2D eigenvalue weighted by Crippen LogP contribution is -2.12. The van der Waals surface area contributed by atoms with Crippen molar-refractivity contribution >= 4 is 0 Å². The molecular weight excluding hydrogens is 243 g/mol. The molecule has 0 saturated heterocycles. The van der Waals surface area contributed by atoms with Crippen LogP contribution in [0.1, 0.15) is 5.56 Å². The molecule has 0 saturated carbocycles. The van der Waals surface area contributed by atoms with Gasteiger partial charge in [-0.3, -0.25) is 9.72 Å². The minimum atomic E-state index is -4.60. The van der Waals surface area contributed by atoms with Gasteiger partial charge in [-0.1, -0.05) is 24.3 Å². The molecule has 0 aliphatic heterocycles. The van der Waals surface area contributed by atoms with Gasteiger partial charge in [-0.05, 0) is 17.2 Å². The van der Waals surface area contributed by atoms with Crippen LogP contribution in [0.3, 0.4) is 0 Å². The molecule has 0 bridgehead atoms. The number of nitrogens with zero attached hydrogens (tertiary/aromatic N) is 1. The number of rotatable bonds is 3. The summed E-state index contributed by atoms with van der Waals surface area (Å²) in [6.07, 6.45) is -1.40. The van der Waals surface area contributed by atoms with Crippen LogP contribution in [0.25, 0.3) is 11.1 Å². The third-order valence-electron chi connectivity index (χ3n) is 2.29. The number of hydrogen-bond donors (Lipinski definition) is 0. The molecule has 0 unspecified atom stereocenters. The number of benzene rings is 1. The maximum Gasteiger partial charge on any atom is 0.522 e. The molecule has 1 aromatic carbocycles. The van der Waals surface area contributed by atoms with Crippen molar-refractivity contribution in [3.8, 4) is 11.1 Å². The van der Waals surface area contributed by atoms with E-state index < -0.39 is 13.0 Å². The standard InChI is InChI=1S/C13H9F3NO/c14-13(15,16)18-9-10-3-5-11(6-4-10)12-2-1-7-17-8-12/h2-8H,9H2. The lowest BCUT2D eigenvalue weighted by Gasteiger charge is -2.08. The van der Waals surface area contributed by atoms with Crippen molar-refractivity contribution in [2.45, 2.75) is 13.0 Å². The number of aromatic nitrogens is 1. The fraction of sp³-hybridized carbons (Fsp3) is 0.154. The molecule has 2 rings (SSSR count). The van der Waals surface area contributed by atoms with Gasteiger partial charge in [0.25, 0.3) is 0 Å². The first-order valence-corrected chi connectivity index (χ1v) is 5.16. The highest BCUT2D eigenvalue weighted by atomic mass is 19.4. The zero-order valence-electron chi connectivity index (χ0n) is 9.24. The third-order valence-corrected chi connectivity index (χ3v) is 2.29. The molecule has 5 heteroatoms. The van der Waals surface area contributed by atoms with E-state index in [1.807, 2.05) is 0 Å². The van der Waals surface area contributed by atoms with Crippen LogP contribution in [-0.4, -0.2) is 11.3 Å². The first-order chi connectivity index (χ1) is 8.54. The SMILES string of the molecule is FC(F)(F)OCc1ccc(-c2c[c]cnc2)cc1. The number of pyridine rings is 1. The Hall–Kier alpha value is -1.88. The number of ether oxygens (including phenoxy) is 1. The van der Waals surface area contributed by atoms with Crippen LogP contribution >= 0.6 is 0 Å². The highest BCUT2D eigenvalue weighted by Crippen LogP contribution is 2.21. The Morgan fingerprint density at radius 3 is 2.39 bits per heavy atom. The summed E-state index contributed by atoms with van der Waals surface area (Å²) >= 11 is 0. The van der Waals surface area contributed by atoms with Gasteiger partial charge in [-0.15, -0.1) is 13.2 Å². The summed E-state index contributed by atoms with van der Waals surface area (Å²) in [6.45, 7) is -0.483. The van der Waals surface area contributed by atoms with Gasteiger partial charge in [0.1, 0.15) is 0 Å². The summed E-state index contributed by atoms with van der Waals surface area (Å²) in [4.78, 5) is 3.92. The van der Waals surface area contributed by atoms with Crippen LogP contribution in [0.2, 0.25) is 0 Å². The van der Waals surface area contributed by atoms with Gasteiger partial charge in [0, 0.05) is 24.0 Å². The van der Waals surface area contributed by atoms with Crippen LogP contribution in [0.4, 0.5) is 13.2 Å². The Bertz CT molecular complexity index is 494. The van der Waals surface area contributed by atoms with Crippen LogP contribution < -0.4 is 0 Å². The Labute approximate surface area is 102 Å². The molecule has 0 fully saturated rings. The summed E-state index contributed by atoms with van der Waals surface area (Å²) < 4.78 is 39.3. The molecule has 1 aromatic heterocycles. The monoisotopic (exact) mass is 252 g/mol. The first kappa shape index (κ1) is 12.6. The smallest absolute Gasteiger partial charge is 0.287 e. The third kappa shape index (κ3) is 3.56. The van der Waals surface area contributed by atoms with Crippen molar-refractivity contribution in [1.82, 2.24) is 4.98 Å². The van der Waals surface area contributed by atoms with Gasteiger partial charge < -0.3 is 0 Å². The molecule has 18 heavy (non-hydrogen) atoms. The lowest BCUT2D eigenvalue weighted by molar-refractivity contribution is -0.330. The van der Waals surface area contributed by atoms with Crippen LogP contribution in [-0.2, 0) is 11.3 Å². The fourth-order valence-electron chi connectivity index (χ4n) is 1.44. The Kier molecular flexibility index (Phi) is 3.62.